The van der Waals surface area contributed by atoms with Gasteiger partial charge >= 0.3 is 0 Å². The molecule has 94 valence electrons. The van der Waals surface area contributed by atoms with Gasteiger partial charge in [-0.2, -0.15) is 0 Å². The molecule has 2 nitrogen and oxygen atoms in total. The zero-order valence-electron chi connectivity index (χ0n) is 10.7. The van der Waals surface area contributed by atoms with E-state index >= 15 is 0 Å². The van der Waals surface area contributed by atoms with E-state index in [1.807, 2.05) is 19.1 Å². The lowest BCUT2D eigenvalue weighted by Gasteiger charge is -2.42. The molecule has 17 heavy (non-hydrogen) atoms. The van der Waals surface area contributed by atoms with Crippen LogP contribution in [0.1, 0.15) is 25.0 Å². The lowest BCUT2D eigenvalue weighted by molar-refractivity contribution is -0.0597. The summed E-state index contributed by atoms with van der Waals surface area (Å²) in [4.78, 5) is 0. The molecular weight excluding hydrogens is 217 g/mol. The summed E-state index contributed by atoms with van der Waals surface area (Å²) < 4.78 is 18.6. The summed E-state index contributed by atoms with van der Waals surface area (Å²) in [5.41, 5.74) is 1.91. The molecule has 1 aromatic carbocycles. The Labute approximate surface area is 102 Å². The van der Waals surface area contributed by atoms with Gasteiger partial charge in [-0.3, -0.25) is 0 Å². The highest BCUT2D eigenvalue weighted by Crippen LogP contribution is 2.32. The Hall–Kier alpha value is -0.930. The van der Waals surface area contributed by atoms with Crippen LogP contribution in [0.25, 0.3) is 0 Å². The van der Waals surface area contributed by atoms with E-state index in [2.05, 4.69) is 19.2 Å². The molecular formula is C14H20FNO. The number of halogens is 1. The molecule has 0 saturated carbocycles. The van der Waals surface area contributed by atoms with Crippen LogP contribution in [0.2, 0.25) is 0 Å². The molecule has 3 heteroatoms. The zero-order chi connectivity index (χ0) is 12.5. The number of hydrogen-bond acceptors (Lipinski definition) is 2. The fraction of sp³-hybridized carbons (Fsp3) is 0.571. The highest BCUT2D eigenvalue weighted by atomic mass is 19.1. The van der Waals surface area contributed by atoms with Gasteiger partial charge in [0.1, 0.15) is 5.82 Å². The predicted molar refractivity (Wildman–Crippen MR) is 66.8 cm³/mol. The molecule has 0 spiro atoms. The Balaban J connectivity index is 2.19. The number of ether oxygens (including phenoxy) is 1. The lowest BCUT2D eigenvalue weighted by atomic mass is 9.78. The van der Waals surface area contributed by atoms with Crippen molar-refractivity contribution in [3.8, 4) is 0 Å². The van der Waals surface area contributed by atoms with E-state index in [1.54, 1.807) is 6.07 Å². The Morgan fingerprint density at radius 2 is 2.12 bits per heavy atom. The fourth-order valence-electron chi connectivity index (χ4n) is 2.09. The minimum atomic E-state index is -0.138. The molecule has 1 aliphatic rings. The first-order chi connectivity index (χ1) is 8.03. The van der Waals surface area contributed by atoms with E-state index in [-0.39, 0.29) is 11.2 Å². The van der Waals surface area contributed by atoms with E-state index < -0.39 is 0 Å². The van der Waals surface area contributed by atoms with Crippen molar-refractivity contribution in [2.75, 3.05) is 19.8 Å². The molecule has 1 saturated heterocycles. The molecule has 0 bridgehead atoms. The van der Waals surface area contributed by atoms with Crippen molar-refractivity contribution in [3.63, 3.8) is 0 Å². The number of hydrogen-bond donors (Lipinski definition) is 1. The van der Waals surface area contributed by atoms with Crippen molar-refractivity contribution in [2.24, 2.45) is 0 Å². The van der Waals surface area contributed by atoms with Gasteiger partial charge in [0.15, 0.2) is 0 Å². The maximum absolute atomic E-state index is 13.3. The SMILES string of the molecule is Cc1cc(C2(CNC(C)C)COC2)ccc1F. The first kappa shape index (κ1) is 12.5. The summed E-state index contributed by atoms with van der Waals surface area (Å²) in [5.74, 6) is -0.138. The minimum absolute atomic E-state index is 0.0305. The van der Waals surface area contributed by atoms with E-state index in [0.29, 0.717) is 11.6 Å². The van der Waals surface area contributed by atoms with Gasteiger partial charge in [0.25, 0.3) is 0 Å². The minimum Gasteiger partial charge on any atom is -0.379 e. The van der Waals surface area contributed by atoms with Gasteiger partial charge in [0.05, 0.1) is 18.6 Å². The van der Waals surface area contributed by atoms with Crippen LogP contribution in [0.4, 0.5) is 4.39 Å². The van der Waals surface area contributed by atoms with Crippen LogP contribution in [0, 0.1) is 12.7 Å². The van der Waals surface area contributed by atoms with Gasteiger partial charge in [0, 0.05) is 12.6 Å². The van der Waals surface area contributed by atoms with Gasteiger partial charge < -0.3 is 10.1 Å². The van der Waals surface area contributed by atoms with Crippen LogP contribution >= 0.6 is 0 Å². The van der Waals surface area contributed by atoms with Gasteiger partial charge in [0.2, 0.25) is 0 Å². The number of nitrogens with one attached hydrogen (secondary N) is 1. The van der Waals surface area contributed by atoms with Crippen LogP contribution in [-0.2, 0) is 10.2 Å². The Bertz CT molecular complexity index is 399. The summed E-state index contributed by atoms with van der Waals surface area (Å²) in [6, 6.07) is 5.83. The summed E-state index contributed by atoms with van der Waals surface area (Å²) in [5, 5.41) is 3.45. The maximum atomic E-state index is 13.3. The molecule has 0 aliphatic carbocycles. The van der Waals surface area contributed by atoms with E-state index in [9.17, 15) is 4.39 Å². The number of rotatable bonds is 4. The number of aryl methyl sites for hydroxylation is 1. The molecule has 1 N–H and O–H groups in total. The summed E-state index contributed by atoms with van der Waals surface area (Å²) in [6.07, 6.45) is 0. The van der Waals surface area contributed by atoms with Crippen molar-refractivity contribution in [2.45, 2.75) is 32.2 Å². The average molecular weight is 237 g/mol. The third-order valence-electron chi connectivity index (χ3n) is 3.38. The fourth-order valence-corrected chi connectivity index (χ4v) is 2.09. The van der Waals surface area contributed by atoms with Crippen LogP contribution in [-0.4, -0.2) is 25.8 Å². The van der Waals surface area contributed by atoms with Crippen molar-refractivity contribution in [3.05, 3.63) is 35.1 Å². The Morgan fingerprint density at radius 1 is 1.41 bits per heavy atom. The van der Waals surface area contributed by atoms with Crippen molar-refractivity contribution in [1.82, 2.24) is 5.32 Å². The van der Waals surface area contributed by atoms with Crippen LogP contribution < -0.4 is 5.32 Å². The second kappa shape index (κ2) is 4.75. The third-order valence-corrected chi connectivity index (χ3v) is 3.38. The quantitative estimate of drug-likeness (QED) is 0.868. The van der Waals surface area contributed by atoms with Gasteiger partial charge in [-0.05, 0) is 24.1 Å². The summed E-state index contributed by atoms with van der Waals surface area (Å²) in [7, 11) is 0. The van der Waals surface area contributed by atoms with Gasteiger partial charge in [-0.25, -0.2) is 4.39 Å². The molecule has 2 rings (SSSR count). The molecule has 1 fully saturated rings. The second-order valence-electron chi connectivity index (χ2n) is 5.27. The predicted octanol–water partition coefficient (Wildman–Crippen LogP) is 2.40. The molecule has 0 amide bonds. The molecule has 0 aromatic heterocycles. The molecule has 0 unspecified atom stereocenters. The van der Waals surface area contributed by atoms with Gasteiger partial charge in [-0.1, -0.05) is 26.0 Å². The van der Waals surface area contributed by atoms with Crippen molar-refractivity contribution in [1.29, 1.82) is 0 Å². The second-order valence-corrected chi connectivity index (χ2v) is 5.27. The zero-order valence-corrected chi connectivity index (χ0v) is 10.7. The summed E-state index contributed by atoms with van der Waals surface area (Å²) >= 11 is 0. The first-order valence-corrected chi connectivity index (χ1v) is 6.11. The average Bonchev–Trinajstić information content (AvgIpc) is 2.21. The topological polar surface area (TPSA) is 21.3 Å². The largest absolute Gasteiger partial charge is 0.379 e. The normalized spacial score (nSPS) is 18.2. The Kier molecular flexibility index (Phi) is 3.50. The highest BCUT2D eigenvalue weighted by molar-refractivity contribution is 5.33. The van der Waals surface area contributed by atoms with E-state index in [4.69, 9.17) is 4.74 Å². The molecule has 1 aromatic rings. The van der Waals surface area contributed by atoms with Crippen LogP contribution in [0.15, 0.2) is 18.2 Å². The van der Waals surface area contributed by atoms with E-state index in [1.165, 1.54) is 5.56 Å². The van der Waals surface area contributed by atoms with E-state index in [0.717, 1.165) is 19.8 Å². The van der Waals surface area contributed by atoms with Crippen molar-refractivity contribution >= 4 is 0 Å². The lowest BCUT2D eigenvalue weighted by Crippen LogP contribution is -2.54. The number of benzene rings is 1. The Morgan fingerprint density at radius 3 is 2.59 bits per heavy atom. The third kappa shape index (κ3) is 2.50. The van der Waals surface area contributed by atoms with Crippen LogP contribution in [0.3, 0.4) is 0 Å². The molecule has 1 aliphatic heterocycles. The maximum Gasteiger partial charge on any atom is 0.126 e. The molecule has 0 atom stereocenters. The standard InChI is InChI=1S/C14H20FNO/c1-10(2)16-7-14(8-17-9-14)12-4-5-13(15)11(3)6-12/h4-6,10,16H,7-9H2,1-3H3. The summed E-state index contributed by atoms with van der Waals surface area (Å²) in [6.45, 7) is 8.39. The smallest absolute Gasteiger partial charge is 0.126 e. The molecule has 1 heterocycles. The van der Waals surface area contributed by atoms with Gasteiger partial charge in [-0.15, -0.1) is 0 Å². The van der Waals surface area contributed by atoms with Crippen molar-refractivity contribution < 1.29 is 9.13 Å². The molecule has 0 radical (unpaired) electrons. The first-order valence-electron chi connectivity index (χ1n) is 6.11. The monoisotopic (exact) mass is 237 g/mol. The van der Waals surface area contributed by atoms with Crippen LogP contribution in [0.5, 0.6) is 0 Å². The highest BCUT2D eigenvalue weighted by Gasteiger charge is 2.40.